The van der Waals surface area contributed by atoms with E-state index >= 15 is 4.79 Å². The maximum atomic E-state index is 15.3. The van der Waals surface area contributed by atoms with Crippen molar-refractivity contribution in [3.63, 3.8) is 0 Å². The van der Waals surface area contributed by atoms with E-state index in [2.05, 4.69) is 75.4 Å². The van der Waals surface area contributed by atoms with Crippen LogP contribution in [0.15, 0.2) is 61.7 Å². The number of aromatic hydroxyl groups is 3. The molecule has 2 unspecified atom stereocenters. The number of thioether (sulfide) groups is 2. The lowest BCUT2D eigenvalue weighted by atomic mass is 9.71. The van der Waals surface area contributed by atoms with Crippen LogP contribution in [-0.2, 0) is 70.1 Å². The number of phenols is 3. The Bertz CT molecular complexity index is 5730. The average Bonchev–Trinajstić information content (AvgIpc) is 1.64. The third kappa shape index (κ3) is 16.2. The number of nitrogens with zero attached hydrogens (tertiary/aromatic N) is 6. The third-order valence-corrected chi connectivity index (χ3v) is 31.6. The molecule has 708 valence electrons. The van der Waals surface area contributed by atoms with E-state index in [1.165, 1.54) is 44.9 Å². The standard InChI is InChI=1S/C53H64N4O12S.C48H56N4O10S/c1-10-12-13-14-15-16-38(58)68-46-29(4)47-48(66-27-65-47)40-35-25-64-50(60)53(32-23-36(62-8)37(22-30(32)17-18-55-53)67-51(61)69-52(5,6)7)26-70-49(41(40)46)43-42-39-31(20-28(3)45(63-9)44(39)59)21-33(56(42)19-11-2)34(24-54)57(35)43;1-7-9-10-11-12-13-35(54)62-43-26(4)44-45(61-24-60-44)37-32-22-59-47(56)48(29-20-34(57-5)33(53)19-27(29)14-15-50-48)23-63-46(38(37)43)40-39-36-28(17-25(3)42(58-6)41(36)55)18-30(51(39)16-8-2)31(21-49)52(32)40/h11,20,22-23,33-35,42-43,49,55,59H,2,10,12-19,21,25-27H2,1,3-9H3;8,17,19-20,30-32,39-40,46,50,53,55H,2,7,9-16,18,22-24H2,1,3-6H3/t33-,34-,35-,42+,43?,49+,53+;30-,31-,32-,39+,40?,46+,48+/m00/s1. The zero-order valence-corrected chi connectivity index (χ0v) is 79.6. The van der Waals surface area contributed by atoms with Gasteiger partial charge < -0.3 is 81.6 Å². The van der Waals surface area contributed by atoms with E-state index in [-0.39, 0.29) is 110 Å². The molecule has 2 spiro atoms. The number of ether oxygens (including phenoxy) is 14. The van der Waals surface area contributed by atoms with Gasteiger partial charge in [0.1, 0.15) is 42.4 Å². The first kappa shape index (κ1) is 94.0. The van der Waals surface area contributed by atoms with E-state index in [4.69, 9.17) is 66.3 Å². The molecule has 14 aliphatic rings. The summed E-state index contributed by atoms with van der Waals surface area (Å²) in [6, 6.07) is 10.2. The Kier molecular flexibility index (Phi) is 27.0. The molecule has 20 rings (SSSR count). The van der Waals surface area contributed by atoms with Crippen LogP contribution >= 0.6 is 23.5 Å². The summed E-state index contributed by atoms with van der Waals surface area (Å²) in [7, 11) is 6.02. The summed E-state index contributed by atoms with van der Waals surface area (Å²) in [5, 5.41) is 64.4. The summed E-state index contributed by atoms with van der Waals surface area (Å²) in [5.74, 6) is 2.26. The number of nitrogens with one attached hydrogen (secondary N) is 2. The van der Waals surface area contributed by atoms with Gasteiger partial charge in [0.15, 0.2) is 80.1 Å². The summed E-state index contributed by atoms with van der Waals surface area (Å²) < 4.78 is 85.8. The molecule has 6 aromatic carbocycles. The highest BCUT2D eigenvalue weighted by Gasteiger charge is 2.66. The highest BCUT2D eigenvalue weighted by atomic mass is 32.2. The van der Waals surface area contributed by atoms with Crippen molar-refractivity contribution in [2.45, 2.75) is 253 Å². The number of esters is 4. The molecule has 14 aliphatic heterocycles. The Balaban J connectivity index is 0.000000186. The highest BCUT2D eigenvalue weighted by molar-refractivity contribution is 7.99. The molecule has 30 nitrogen and oxygen atoms in total. The Morgan fingerprint density at radius 2 is 0.962 bits per heavy atom. The molecule has 14 heterocycles. The zero-order valence-electron chi connectivity index (χ0n) is 77.9. The predicted molar refractivity (Wildman–Crippen MR) is 495 cm³/mol. The molecule has 0 aliphatic carbocycles. The Hall–Kier alpha value is -10.8. The maximum absolute atomic E-state index is 15.3. The van der Waals surface area contributed by atoms with Crippen LogP contribution in [0.4, 0.5) is 4.79 Å². The molecule has 0 radical (unpaired) electrons. The maximum Gasteiger partial charge on any atom is 0.514 e. The predicted octanol–water partition coefficient (Wildman–Crippen LogP) is 15.4. The van der Waals surface area contributed by atoms with Crippen molar-refractivity contribution in [3.05, 3.63) is 151 Å². The number of hydrogen-bond acceptors (Lipinski definition) is 32. The lowest BCUT2D eigenvalue weighted by molar-refractivity contribution is -0.158. The van der Waals surface area contributed by atoms with Crippen LogP contribution in [0.5, 0.6) is 80.5 Å². The summed E-state index contributed by atoms with van der Waals surface area (Å²) in [6.07, 6.45) is 14.7. The van der Waals surface area contributed by atoms with Crippen molar-refractivity contribution in [2.75, 3.05) is 92.9 Å². The van der Waals surface area contributed by atoms with Crippen LogP contribution in [0, 0.1) is 50.4 Å². The Morgan fingerprint density at radius 1 is 0.534 bits per heavy atom. The highest BCUT2D eigenvalue weighted by Crippen LogP contribution is 2.68. The smallest absolute Gasteiger partial charge is 0.504 e. The number of unbranched alkanes of at least 4 members (excludes halogenated alkanes) is 8. The number of hydrogen-bond donors (Lipinski definition) is 5. The largest absolute Gasteiger partial charge is 0.514 e. The number of benzene rings is 6. The van der Waals surface area contributed by atoms with E-state index < -0.39 is 93.6 Å². The molecule has 4 saturated heterocycles. The fourth-order valence-electron chi connectivity index (χ4n) is 23.1. The molecule has 4 fully saturated rings. The van der Waals surface area contributed by atoms with Gasteiger partial charge in [-0.3, -0.25) is 39.8 Å². The molecule has 6 aromatic rings. The minimum Gasteiger partial charge on any atom is -0.504 e. The monoisotopic (exact) mass is 1860 g/mol. The number of carbonyl (C=O) groups excluding carboxylic acids is 5. The van der Waals surface area contributed by atoms with Gasteiger partial charge in [0.05, 0.1) is 75.2 Å². The Morgan fingerprint density at radius 3 is 1.38 bits per heavy atom. The van der Waals surface area contributed by atoms with Gasteiger partial charge in [-0.2, -0.15) is 10.5 Å². The van der Waals surface area contributed by atoms with Crippen LogP contribution in [0.1, 0.15) is 235 Å². The summed E-state index contributed by atoms with van der Waals surface area (Å²) >= 11 is 2.97. The minimum absolute atomic E-state index is 0.0161. The van der Waals surface area contributed by atoms with Gasteiger partial charge in [0, 0.05) is 119 Å². The fourth-order valence-corrected chi connectivity index (χ4v) is 26.5. The van der Waals surface area contributed by atoms with E-state index in [0.717, 1.165) is 84.7 Å². The first-order valence-electron chi connectivity index (χ1n) is 46.4. The number of rotatable bonds is 23. The number of methoxy groups -OCH3 is 4. The van der Waals surface area contributed by atoms with Crippen molar-refractivity contribution in [1.29, 1.82) is 10.5 Å². The van der Waals surface area contributed by atoms with Crippen LogP contribution in [0.25, 0.3) is 0 Å². The van der Waals surface area contributed by atoms with E-state index in [1.807, 2.05) is 45.9 Å². The number of carbonyl (C=O) groups is 5. The number of nitriles is 2. The van der Waals surface area contributed by atoms with E-state index in [0.29, 0.717) is 166 Å². The van der Waals surface area contributed by atoms with Crippen LogP contribution in [-0.4, -0.2) is 200 Å². The second-order valence-corrected chi connectivity index (χ2v) is 39.7. The molecule has 14 atom stereocenters. The van der Waals surface area contributed by atoms with E-state index in [1.54, 1.807) is 52.1 Å². The SMILES string of the molecule is C=CCN1[C@@H]2c3c(cc(C)c(OC)c3O)C[C@H]1[C@H](C#N)N1C2[C@@H]2SC[C@]3(NCCc4cc(O)c(OC)cc43)C(=O)OC[C@H]1c1c3c(c(C)c(OC(=O)CCCCCCC)c12)OCO3.C=CCN1[C@@H]2c3c(cc(C)c(OC)c3O)C[C@H]1[C@H](C#N)N1C2[C@@H]2SC[C@]3(NCCc4cc(OC(=O)OC(C)(C)C)c(OC)cc43)C(=O)OC[C@H]1c1c3c(c(C)c(OC(=O)CCCCCCC)c12)OCO3. The molecule has 5 N–H and O–H groups in total. The molecular formula is C101H120N8O22S2. The lowest BCUT2D eigenvalue weighted by Crippen LogP contribution is -2.70. The fraction of sp³-hybridized carbons (Fsp3) is 0.535. The van der Waals surface area contributed by atoms with Gasteiger partial charge in [0.25, 0.3) is 0 Å². The van der Waals surface area contributed by atoms with Crippen LogP contribution in [0.2, 0.25) is 0 Å². The molecule has 0 saturated carbocycles. The summed E-state index contributed by atoms with van der Waals surface area (Å²) in [6.45, 7) is 26.4. The summed E-state index contributed by atoms with van der Waals surface area (Å²) in [4.78, 5) is 80.3. The van der Waals surface area contributed by atoms with E-state index in [9.17, 15) is 45.0 Å². The number of fused-ring (bicyclic) bond motifs is 18. The normalized spacial score (nSPS) is 26.0. The van der Waals surface area contributed by atoms with Gasteiger partial charge in [-0.05, 0) is 156 Å². The van der Waals surface area contributed by atoms with Crippen molar-refractivity contribution in [1.82, 2.24) is 30.2 Å². The van der Waals surface area contributed by atoms with Crippen LogP contribution < -0.4 is 62.7 Å². The molecule has 133 heavy (non-hydrogen) atoms. The Labute approximate surface area is 784 Å². The molecular weight excluding hydrogens is 1740 g/mol. The quantitative estimate of drug-likeness (QED) is 0.00993. The number of phenolic OH excluding ortho intramolecular Hbond substituents is 3. The topological polar surface area (TPSA) is 360 Å². The second kappa shape index (κ2) is 38.2. The average molecular weight is 1860 g/mol. The zero-order chi connectivity index (χ0) is 94.1. The number of piperazine rings is 2. The lowest BCUT2D eigenvalue weighted by Gasteiger charge is -2.62. The molecule has 0 amide bonds. The molecule has 0 aromatic heterocycles. The van der Waals surface area contributed by atoms with Gasteiger partial charge in [-0.15, -0.1) is 36.7 Å². The van der Waals surface area contributed by atoms with Gasteiger partial charge >= 0.3 is 30.0 Å². The third-order valence-electron chi connectivity index (χ3n) is 28.7. The minimum atomic E-state index is -1.47. The van der Waals surface area contributed by atoms with Gasteiger partial charge in [0.2, 0.25) is 13.6 Å². The van der Waals surface area contributed by atoms with Crippen molar-refractivity contribution >= 4 is 53.6 Å². The first-order valence-corrected chi connectivity index (χ1v) is 48.5. The first-order chi connectivity index (χ1) is 64.1. The van der Waals surface area contributed by atoms with Crippen molar-refractivity contribution < 1.29 is 106 Å². The van der Waals surface area contributed by atoms with Crippen molar-refractivity contribution in [2.24, 2.45) is 0 Å². The van der Waals surface area contributed by atoms with Crippen molar-refractivity contribution in [3.8, 4) is 92.6 Å². The molecule has 32 heteroatoms. The van der Waals surface area contributed by atoms with Gasteiger partial charge in [-0.25, -0.2) is 14.4 Å². The van der Waals surface area contributed by atoms with Gasteiger partial charge in [-0.1, -0.05) is 89.5 Å². The summed E-state index contributed by atoms with van der Waals surface area (Å²) in [5.41, 5.74) is 7.72. The van der Waals surface area contributed by atoms with Crippen LogP contribution in [0.3, 0.4) is 0 Å². The molecule has 8 bridgehead atoms. The second-order valence-electron chi connectivity index (χ2n) is 37.5. The number of aryl methyl sites for hydroxylation is 2.